The van der Waals surface area contributed by atoms with E-state index in [9.17, 15) is 4.79 Å². The van der Waals surface area contributed by atoms with Crippen LogP contribution in [0, 0.1) is 11.7 Å². The molecule has 4 rings (SSSR count). The summed E-state index contributed by atoms with van der Waals surface area (Å²) in [7, 11) is 0. The number of nitrogens with zero attached hydrogens (tertiary/aromatic N) is 2. The minimum absolute atomic E-state index is 0.0596. The van der Waals surface area contributed by atoms with E-state index in [-0.39, 0.29) is 12.7 Å². The first kappa shape index (κ1) is 18.2. The summed E-state index contributed by atoms with van der Waals surface area (Å²) < 4.78 is 13.0. The number of benzene rings is 2. The van der Waals surface area contributed by atoms with Gasteiger partial charge < -0.3 is 14.8 Å². The van der Waals surface area contributed by atoms with Crippen molar-refractivity contribution in [1.82, 2.24) is 20.1 Å². The fourth-order valence-electron chi connectivity index (χ4n) is 3.00. The normalized spacial score (nSPS) is 12.2. The van der Waals surface area contributed by atoms with Gasteiger partial charge in [-0.05, 0) is 36.8 Å². The number of aromatic amines is 1. The summed E-state index contributed by atoms with van der Waals surface area (Å²) in [6.45, 7) is 3.15. The van der Waals surface area contributed by atoms with Gasteiger partial charge in [0.05, 0.1) is 0 Å². The lowest BCUT2D eigenvalue weighted by atomic mass is 10.1. The third kappa shape index (κ3) is 3.91. The molecule has 0 aliphatic carbocycles. The van der Waals surface area contributed by atoms with Gasteiger partial charge in [0.25, 0.3) is 0 Å². The average Bonchev–Trinajstić information content (AvgIpc) is 3.31. The highest BCUT2D eigenvalue weighted by Crippen LogP contribution is 2.32. The van der Waals surface area contributed by atoms with Gasteiger partial charge in [-0.15, -0.1) is 0 Å². The number of fused-ring (bicyclic) bond motifs is 1. The molecule has 0 spiro atoms. The molecule has 1 aliphatic rings. The Hall–Kier alpha value is -3.13. The molecular formula is C20H20N4O3S. The largest absolute Gasteiger partial charge is 0.454 e. The Bertz CT molecular complexity index is 1060. The Morgan fingerprint density at radius 1 is 1.21 bits per heavy atom. The van der Waals surface area contributed by atoms with Crippen molar-refractivity contribution in [1.29, 1.82) is 0 Å². The molecule has 1 aliphatic heterocycles. The summed E-state index contributed by atoms with van der Waals surface area (Å²) in [4.78, 5) is 12.3. The maximum atomic E-state index is 12.3. The molecule has 1 amide bonds. The lowest BCUT2D eigenvalue weighted by molar-refractivity contribution is -0.121. The number of nitrogens with one attached hydrogen (secondary N) is 2. The molecule has 7 nitrogen and oxygen atoms in total. The van der Waals surface area contributed by atoms with E-state index in [1.165, 1.54) is 5.56 Å². The number of hydrogen-bond acceptors (Lipinski definition) is 5. The molecule has 28 heavy (non-hydrogen) atoms. The lowest BCUT2D eigenvalue weighted by Crippen LogP contribution is -2.24. The van der Waals surface area contributed by atoms with Crippen molar-refractivity contribution in [3.63, 3.8) is 0 Å². The molecule has 8 heteroatoms. The van der Waals surface area contributed by atoms with E-state index in [0.717, 1.165) is 22.7 Å². The topological polar surface area (TPSA) is 81.2 Å². The zero-order chi connectivity index (χ0) is 19.5. The Labute approximate surface area is 167 Å². The first-order valence-electron chi connectivity index (χ1n) is 8.97. The van der Waals surface area contributed by atoms with Crippen molar-refractivity contribution in [3.8, 4) is 22.9 Å². The van der Waals surface area contributed by atoms with E-state index in [1.807, 2.05) is 54.0 Å². The molecular weight excluding hydrogens is 376 g/mol. The second kappa shape index (κ2) is 7.85. The van der Waals surface area contributed by atoms with Gasteiger partial charge in [-0.25, -0.2) is 0 Å². The maximum Gasteiger partial charge on any atom is 0.231 e. The van der Waals surface area contributed by atoms with Gasteiger partial charge in [0.1, 0.15) is 0 Å². The Morgan fingerprint density at radius 3 is 2.82 bits per heavy atom. The number of aromatic nitrogens is 3. The number of H-pyrrole nitrogens is 1. The predicted molar refractivity (Wildman–Crippen MR) is 107 cm³/mol. The van der Waals surface area contributed by atoms with Crippen molar-refractivity contribution in [2.75, 3.05) is 6.79 Å². The lowest BCUT2D eigenvalue weighted by Gasteiger charge is -2.09. The standard InChI is InChI=1S/C20H20N4O3S/c1-13-2-5-15(6-3-13)19-22-23-20(28)24(19)9-8-18(25)21-11-14-4-7-16-17(10-14)27-12-26-16/h2-7,10H,8-9,11-12H2,1H3,(H,21,25)(H,23,28). The zero-order valence-corrected chi connectivity index (χ0v) is 16.2. The summed E-state index contributed by atoms with van der Waals surface area (Å²) in [5.74, 6) is 2.11. The van der Waals surface area contributed by atoms with Crippen LogP contribution in [0.5, 0.6) is 11.5 Å². The van der Waals surface area contributed by atoms with E-state index >= 15 is 0 Å². The van der Waals surface area contributed by atoms with Crippen molar-refractivity contribution in [2.45, 2.75) is 26.4 Å². The van der Waals surface area contributed by atoms with Gasteiger partial charge in [0, 0.05) is 25.1 Å². The van der Waals surface area contributed by atoms with Crippen molar-refractivity contribution >= 4 is 18.1 Å². The number of carbonyl (C=O) groups excluding carboxylic acids is 1. The molecule has 0 radical (unpaired) electrons. The van der Waals surface area contributed by atoms with E-state index in [1.54, 1.807) is 0 Å². The number of aryl methyl sites for hydroxylation is 1. The van der Waals surface area contributed by atoms with Crippen molar-refractivity contribution in [2.24, 2.45) is 0 Å². The van der Waals surface area contributed by atoms with Crippen LogP contribution in [0.15, 0.2) is 42.5 Å². The van der Waals surface area contributed by atoms with Crippen LogP contribution in [0.3, 0.4) is 0 Å². The monoisotopic (exact) mass is 396 g/mol. The molecule has 0 saturated heterocycles. The Balaban J connectivity index is 1.37. The molecule has 2 heterocycles. The summed E-state index contributed by atoms with van der Waals surface area (Å²) in [6, 6.07) is 13.7. The molecule has 1 aromatic heterocycles. The van der Waals surface area contributed by atoms with Crippen molar-refractivity contribution < 1.29 is 14.3 Å². The molecule has 0 atom stereocenters. The molecule has 0 fully saturated rings. The van der Waals surface area contributed by atoms with E-state index in [2.05, 4.69) is 15.5 Å². The highest BCUT2D eigenvalue weighted by molar-refractivity contribution is 7.71. The summed E-state index contributed by atoms with van der Waals surface area (Å²) in [5.41, 5.74) is 3.09. The molecule has 2 N–H and O–H groups in total. The van der Waals surface area contributed by atoms with Crippen LogP contribution in [-0.4, -0.2) is 27.5 Å². The summed E-state index contributed by atoms with van der Waals surface area (Å²) >= 11 is 5.33. The third-order valence-corrected chi connectivity index (χ3v) is 4.87. The predicted octanol–water partition coefficient (Wildman–Crippen LogP) is 3.35. The first-order valence-corrected chi connectivity index (χ1v) is 9.38. The SMILES string of the molecule is Cc1ccc(-c2n[nH]c(=S)n2CCC(=O)NCc2ccc3c(c2)OCO3)cc1. The minimum Gasteiger partial charge on any atom is -0.454 e. The highest BCUT2D eigenvalue weighted by Gasteiger charge is 2.14. The minimum atomic E-state index is -0.0596. The number of rotatable bonds is 6. The average molecular weight is 396 g/mol. The second-order valence-corrected chi connectivity index (χ2v) is 6.97. The maximum absolute atomic E-state index is 12.3. The van der Waals surface area contributed by atoms with Crippen LogP contribution in [0.4, 0.5) is 0 Å². The quantitative estimate of drug-likeness (QED) is 0.625. The molecule has 0 saturated carbocycles. The van der Waals surface area contributed by atoms with Crippen LogP contribution < -0.4 is 14.8 Å². The molecule has 0 unspecified atom stereocenters. The van der Waals surface area contributed by atoms with Gasteiger partial charge in [0.2, 0.25) is 12.7 Å². The summed E-state index contributed by atoms with van der Waals surface area (Å²) in [5, 5.41) is 10.0. The molecule has 0 bridgehead atoms. The number of carbonyl (C=O) groups is 1. The van der Waals surface area contributed by atoms with Gasteiger partial charge in [0.15, 0.2) is 22.1 Å². The third-order valence-electron chi connectivity index (χ3n) is 4.56. The molecule has 2 aromatic carbocycles. The summed E-state index contributed by atoms with van der Waals surface area (Å²) in [6.07, 6.45) is 0.303. The highest BCUT2D eigenvalue weighted by atomic mass is 32.1. The number of hydrogen-bond donors (Lipinski definition) is 2. The van der Waals surface area contributed by atoms with E-state index < -0.39 is 0 Å². The van der Waals surface area contributed by atoms with Gasteiger partial charge in [-0.3, -0.25) is 14.5 Å². The smallest absolute Gasteiger partial charge is 0.231 e. The van der Waals surface area contributed by atoms with Crippen LogP contribution in [0.2, 0.25) is 0 Å². The zero-order valence-electron chi connectivity index (χ0n) is 15.4. The Kier molecular flexibility index (Phi) is 5.12. The molecule has 3 aromatic rings. The van der Waals surface area contributed by atoms with Crippen LogP contribution in [0.25, 0.3) is 11.4 Å². The molecule has 144 valence electrons. The van der Waals surface area contributed by atoms with Gasteiger partial charge in [-0.2, -0.15) is 5.10 Å². The Morgan fingerprint density at radius 2 is 2.00 bits per heavy atom. The van der Waals surface area contributed by atoms with Gasteiger partial charge >= 0.3 is 0 Å². The van der Waals surface area contributed by atoms with Crippen LogP contribution in [-0.2, 0) is 17.9 Å². The fraction of sp³-hybridized carbons (Fsp3) is 0.250. The van der Waals surface area contributed by atoms with Crippen molar-refractivity contribution in [3.05, 3.63) is 58.4 Å². The van der Waals surface area contributed by atoms with Crippen LogP contribution >= 0.6 is 12.2 Å². The van der Waals surface area contributed by atoms with E-state index in [0.29, 0.717) is 30.0 Å². The van der Waals surface area contributed by atoms with Crippen LogP contribution in [0.1, 0.15) is 17.5 Å². The van der Waals surface area contributed by atoms with Gasteiger partial charge in [-0.1, -0.05) is 35.9 Å². The number of ether oxygens (including phenoxy) is 2. The first-order chi connectivity index (χ1) is 13.6. The number of amides is 1. The van der Waals surface area contributed by atoms with E-state index in [4.69, 9.17) is 21.7 Å². The fourth-order valence-corrected chi connectivity index (χ4v) is 3.22. The second-order valence-electron chi connectivity index (χ2n) is 6.58.